The standard InChI is InChI=1S/C14H14N4S/c1-9-2-4-10(5-3-9)12-13-11(6-7-15-12)18-14(19-13)16-8-17-18/h2-5,8,12,15H,6-7H2,1H3. The molecule has 0 saturated heterocycles. The molecule has 1 N–H and O–H groups in total. The van der Waals surface area contributed by atoms with E-state index in [4.69, 9.17) is 0 Å². The number of aryl methyl sites for hydroxylation is 1. The SMILES string of the molecule is Cc1ccc(C2NCCc3c2sc2ncnn32)cc1. The molecule has 2 aromatic heterocycles. The minimum absolute atomic E-state index is 0.276. The Morgan fingerprint density at radius 2 is 2.16 bits per heavy atom. The summed E-state index contributed by atoms with van der Waals surface area (Å²) in [5, 5.41) is 7.93. The molecule has 4 rings (SSSR count). The van der Waals surface area contributed by atoms with Crippen molar-refractivity contribution in [2.45, 2.75) is 19.4 Å². The number of nitrogens with one attached hydrogen (secondary N) is 1. The van der Waals surface area contributed by atoms with Gasteiger partial charge in [0.1, 0.15) is 6.33 Å². The van der Waals surface area contributed by atoms with Crippen LogP contribution in [0.4, 0.5) is 0 Å². The highest BCUT2D eigenvalue weighted by molar-refractivity contribution is 7.17. The molecule has 0 saturated carbocycles. The summed E-state index contributed by atoms with van der Waals surface area (Å²) in [5.41, 5.74) is 3.92. The predicted molar refractivity (Wildman–Crippen MR) is 75.6 cm³/mol. The summed E-state index contributed by atoms with van der Waals surface area (Å²) in [6, 6.07) is 9.03. The zero-order valence-corrected chi connectivity index (χ0v) is 11.4. The Morgan fingerprint density at radius 1 is 1.32 bits per heavy atom. The first-order valence-corrected chi connectivity index (χ1v) is 7.26. The van der Waals surface area contributed by atoms with E-state index in [0.717, 1.165) is 17.9 Å². The summed E-state index contributed by atoms with van der Waals surface area (Å²) in [6.45, 7) is 3.10. The van der Waals surface area contributed by atoms with Crippen LogP contribution in [0.5, 0.6) is 0 Å². The van der Waals surface area contributed by atoms with Gasteiger partial charge < -0.3 is 5.32 Å². The molecule has 3 aromatic rings. The molecular weight excluding hydrogens is 256 g/mol. The van der Waals surface area contributed by atoms with Gasteiger partial charge in [0.2, 0.25) is 4.96 Å². The molecule has 0 fully saturated rings. The molecule has 1 aliphatic rings. The van der Waals surface area contributed by atoms with Crippen LogP contribution in [0.2, 0.25) is 0 Å². The van der Waals surface area contributed by atoms with Crippen LogP contribution < -0.4 is 5.32 Å². The normalized spacial score (nSPS) is 18.7. The summed E-state index contributed by atoms with van der Waals surface area (Å²) in [7, 11) is 0. The molecule has 1 atom stereocenters. The Labute approximate surface area is 115 Å². The van der Waals surface area contributed by atoms with E-state index >= 15 is 0 Å². The second-order valence-corrected chi connectivity index (χ2v) is 5.92. The third-order valence-electron chi connectivity index (χ3n) is 3.64. The van der Waals surface area contributed by atoms with Gasteiger partial charge in [-0.25, -0.2) is 9.50 Å². The van der Waals surface area contributed by atoms with Gasteiger partial charge in [-0.3, -0.25) is 0 Å². The Kier molecular flexibility index (Phi) is 2.43. The van der Waals surface area contributed by atoms with Gasteiger partial charge in [-0.05, 0) is 12.5 Å². The van der Waals surface area contributed by atoms with Crippen LogP contribution in [0.15, 0.2) is 30.6 Å². The van der Waals surface area contributed by atoms with Crippen LogP contribution >= 0.6 is 11.3 Å². The van der Waals surface area contributed by atoms with Gasteiger partial charge in [-0.15, -0.1) is 0 Å². The van der Waals surface area contributed by atoms with Crippen LogP contribution in [0, 0.1) is 6.92 Å². The van der Waals surface area contributed by atoms with E-state index in [1.807, 2.05) is 4.52 Å². The third-order valence-corrected chi connectivity index (χ3v) is 4.79. The van der Waals surface area contributed by atoms with Gasteiger partial charge in [0.15, 0.2) is 0 Å². The second kappa shape index (κ2) is 4.15. The topological polar surface area (TPSA) is 42.2 Å². The number of benzene rings is 1. The van der Waals surface area contributed by atoms with Crippen LogP contribution in [0.25, 0.3) is 4.96 Å². The van der Waals surface area contributed by atoms with E-state index in [9.17, 15) is 0 Å². The molecule has 0 spiro atoms. The summed E-state index contributed by atoms with van der Waals surface area (Å²) >= 11 is 1.74. The monoisotopic (exact) mass is 270 g/mol. The van der Waals surface area contributed by atoms with Crippen LogP contribution in [0.1, 0.15) is 27.7 Å². The molecule has 4 nitrogen and oxygen atoms in total. The van der Waals surface area contributed by atoms with E-state index in [0.29, 0.717) is 0 Å². The van der Waals surface area contributed by atoms with Gasteiger partial charge in [0.05, 0.1) is 16.6 Å². The maximum atomic E-state index is 4.32. The molecule has 0 bridgehead atoms. The van der Waals surface area contributed by atoms with Crippen molar-refractivity contribution in [1.29, 1.82) is 0 Å². The summed E-state index contributed by atoms with van der Waals surface area (Å²) in [5.74, 6) is 0. The molecule has 0 aliphatic carbocycles. The maximum absolute atomic E-state index is 4.32. The van der Waals surface area contributed by atoms with Crippen molar-refractivity contribution in [2.24, 2.45) is 0 Å². The lowest BCUT2D eigenvalue weighted by Gasteiger charge is -2.23. The van der Waals surface area contributed by atoms with Crippen molar-refractivity contribution < 1.29 is 0 Å². The highest BCUT2D eigenvalue weighted by atomic mass is 32.1. The Balaban J connectivity index is 1.85. The number of fused-ring (bicyclic) bond motifs is 3. The smallest absolute Gasteiger partial charge is 0.212 e. The van der Waals surface area contributed by atoms with E-state index in [-0.39, 0.29) is 6.04 Å². The second-order valence-electron chi connectivity index (χ2n) is 4.92. The van der Waals surface area contributed by atoms with Gasteiger partial charge in [-0.1, -0.05) is 41.2 Å². The number of thiazole rings is 1. The average Bonchev–Trinajstić information content (AvgIpc) is 3.00. The highest BCUT2D eigenvalue weighted by Crippen LogP contribution is 2.34. The number of aromatic nitrogens is 3. The van der Waals surface area contributed by atoms with Crippen molar-refractivity contribution in [3.05, 3.63) is 52.3 Å². The Morgan fingerprint density at radius 3 is 3.00 bits per heavy atom. The van der Waals surface area contributed by atoms with E-state index in [2.05, 4.69) is 46.6 Å². The first-order chi connectivity index (χ1) is 9.33. The fourth-order valence-corrected chi connectivity index (χ4v) is 3.84. The molecule has 3 heterocycles. The van der Waals surface area contributed by atoms with E-state index in [1.165, 1.54) is 21.7 Å². The molecule has 1 aliphatic heterocycles. The van der Waals surface area contributed by atoms with Crippen molar-refractivity contribution in [2.75, 3.05) is 6.54 Å². The molecule has 1 unspecified atom stereocenters. The predicted octanol–water partition coefficient (Wildman–Crippen LogP) is 2.33. The number of rotatable bonds is 1. The minimum Gasteiger partial charge on any atom is -0.305 e. The van der Waals surface area contributed by atoms with E-state index in [1.54, 1.807) is 17.7 Å². The Hall–Kier alpha value is -1.72. The molecule has 1 aromatic carbocycles. The number of hydrogen-bond acceptors (Lipinski definition) is 4. The molecule has 0 radical (unpaired) electrons. The lowest BCUT2D eigenvalue weighted by molar-refractivity contribution is 0.562. The number of nitrogens with zero attached hydrogens (tertiary/aromatic N) is 3. The lowest BCUT2D eigenvalue weighted by atomic mass is 9.99. The maximum Gasteiger partial charge on any atom is 0.212 e. The third kappa shape index (κ3) is 1.69. The Bertz CT molecular complexity index is 726. The van der Waals surface area contributed by atoms with Crippen molar-refractivity contribution in [3.8, 4) is 0 Å². The highest BCUT2D eigenvalue weighted by Gasteiger charge is 2.26. The summed E-state index contributed by atoms with van der Waals surface area (Å²) < 4.78 is 1.99. The molecular formula is C14H14N4S. The molecule has 96 valence electrons. The quantitative estimate of drug-likeness (QED) is 0.738. The fraction of sp³-hybridized carbons (Fsp3) is 0.286. The van der Waals surface area contributed by atoms with Crippen molar-refractivity contribution >= 4 is 16.3 Å². The lowest BCUT2D eigenvalue weighted by Crippen LogP contribution is -2.30. The first kappa shape index (κ1) is 11.1. The van der Waals surface area contributed by atoms with Crippen LogP contribution in [-0.2, 0) is 6.42 Å². The van der Waals surface area contributed by atoms with Crippen LogP contribution in [-0.4, -0.2) is 21.1 Å². The fourth-order valence-electron chi connectivity index (χ4n) is 2.66. The van der Waals surface area contributed by atoms with Crippen molar-refractivity contribution in [3.63, 3.8) is 0 Å². The summed E-state index contributed by atoms with van der Waals surface area (Å²) in [6.07, 6.45) is 2.65. The van der Waals surface area contributed by atoms with Crippen molar-refractivity contribution in [1.82, 2.24) is 19.9 Å². The zero-order valence-electron chi connectivity index (χ0n) is 10.6. The van der Waals surface area contributed by atoms with Gasteiger partial charge in [-0.2, -0.15) is 5.10 Å². The zero-order chi connectivity index (χ0) is 12.8. The van der Waals surface area contributed by atoms with Crippen LogP contribution in [0.3, 0.4) is 0 Å². The first-order valence-electron chi connectivity index (χ1n) is 6.44. The molecule has 19 heavy (non-hydrogen) atoms. The largest absolute Gasteiger partial charge is 0.305 e. The minimum atomic E-state index is 0.276. The molecule has 5 heteroatoms. The number of hydrogen-bond donors (Lipinski definition) is 1. The average molecular weight is 270 g/mol. The van der Waals surface area contributed by atoms with Gasteiger partial charge >= 0.3 is 0 Å². The van der Waals surface area contributed by atoms with Gasteiger partial charge in [0, 0.05) is 13.0 Å². The van der Waals surface area contributed by atoms with Gasteiger partial charge in [0.25, 0.3) is 0 Å². The summed E-state index contributed by atoms with van der Waals surface area (Å²) in [4.78, 5) is 6.65. The molecule has 0 amide bonds. The van der Waals surface area contributed by atoms with E-state index < -0.39 is 0 Å².